The minimum absolute atomic E-state index is 0.0480. The third-order valence-corrected chi connectivity index (χ3v) is 6.32. The normalized spacial score (nSPS) is 16.6. The van der Waals surface area contributed by atoms with Gasteiger partial charge in [0.2, 0.25) is 0 Å². The van der Waals surface area contributed by atoms with Gasteiger partial charge in [-0.3, -0.25) is 14.4 Å². The summed E-state index contributed by atoms with van der Waals surface area (Å²) in [6.45, 7) is 13.3. The van der Waals surface area contributed by atoms with Gasteiger partial charge in [-0.1, -0.05) is 20.8 Å². The van der Waals surface area contributed by atoms with E-state index in [-0.39, 0.29) is 34.1 Å². The SMILES string of the molecule is Cc1cc([C@H](Nc2c(Nc3c(F)cc(C)c4c3C(=O)N[C@@H]4C)c(=O)c2=O)C(C)(C)C)oc1C. The van der Waals surface area contributed by atoms with Crippen LogP contribution in [0.3, 0.4) is 0 Å². The van der Waals surface area contributed by atoms with Gasteiger partial charge in [0.25, 0.3) is 16.8 Å². The Labute approximate surface area is 191 Å². The molecule has 0 aliphatic carbocycles. The molecule has 0 unspecified atom stereocenters. The van der Waals surface area contributed by atoms with Gasteiger partial charge in [-0.25, -0.2) is 4.39 Å². The minimum atomic E-state index is -0.767. The van der Waals surface area contributed by atoms with Crippen LogP contribution in [-0.4, -0.2) is 5.91 Å². The van der Waals surface area contributed by atoms with Crippen LogP contribution in [0.15, 0.2) is 26.1 Å². The molecule has 0 radical (unpaired) electrons. The highest BCUT2D eigenvalue weighted by Crippen LogP contribution is 2.40. The molecule has 4 rings (SSSR count). The number of nitrogens with one attached hydrogen (secondary N) is 3. The Morgan fingerprint density at radius 3 is 2.21 bits per heavy atom. The topological polar surface area (TPSA) is 100 Å². The number of carbonyl (C=O) groups excluding carboxylic acids is 1. The van der Waals surface area contributed by atoms with E-state index in [0.29, 0.717) is 16.9 Å². The zero-order chi connectivity index (χ0) is 24.4. The first kappa shape index (κ1) is 22.8. The van der Waals surface area contributed by atoms with Crippen LogP contribution in [0.5, 0.6) is 0 Å². The van der Waals surface area contributed by atoms with Gasteiger partial charge in [-0.15, -0.1) is 0 Å². The highest BCUT2D eigenvalue weighted by atomic mass is 19.1. The van der Waals surface area contributed by atoms with Gasteiger partial charge in [0.15, 0.2) is 0 Å². The second kappa shape index (κ2) is 7.57. The Bertz CT molecular complexity index is 1340. The molecule has 7 nitrogen and oxygen atoms in total. The van der Waals surface area contributed by atoms with Crippen molar-refractivity contribution in [3.8, 4) is 0 Å². The number of amides is 1. The molecular weight excluding hydrogens is 425 g/mol. The van der Waals surface area contributed by atoms with Crippen LogP contribution < -0.4 is 26.8 Å². The third-order valence-electron chi connectivity index (χ3n) is 6.32. The summed E-state index contributed by atoms with van der Waals surface area (Å²) in [7, 11) is 0. The van der Waals surface area contributed by atoms with E-state index in [1.54, 1.807) is 6.92 Å². The lowest BCUT2D eigenvalue weighted by Crippen LogP contribution is -2.39. The van der Waals surface area contributed by atoms with E-state index in [4.69, 9.17) is 4.42 Å². The highest BCUT2D eigenvalue weighted by molar-refractivity contribution is 6.05. The van der Waals surface area contributed by atoms with E-state index in [2.05, 4.69) is 16.0 Å². The maximum Gasteiger partial charge on any atom is 0.254 e. The predicted molar refractivity (Wildman–Crippen MR) is 126 cm³/mol. The number of furan rings is 1. The van der Waals surface area contributed by atoms with E-state index < -0.39 is 28.6 Å². The van der Waals surface area contributed by atoms with Crippen LogP contribution in [0.1, 0.15) is 78.3 Å². The predicted octanol–water partition coefficient (Wildman–Crippen LogP) is 4.69. The molecule has 1 aliphatic heterocycles. The molecule has 1 amide bonds. The monoisotopic (exact) mass is 453 g/mol. The molecule has 3 N–H and O–H groups in total. The maximum atomic E-state index is 14.9. The molecule has 0 bridgehead atoms. The molecule has 2 atom stereocenters. The molecule has 0 saturated carbocycles. The lowest BCUT2D eigenvalue weighted by Gasteiger charge is -2.31. The van der Waals surface area contributed by atoms with E-state index in [1.165, 1.54) is 6.07 Å². The van der Waals surface area contributed by atoms with E-state index in [0.717, 1.165) is 11.3 Å². The van der Waals surface area contributed by atoms with Gasteiger partial charge < -0.3 is 20.4 Å². The van der Waals surface area contributed by atoms with Crippen LogP contribution in [0.4, 0.5) is 21.5 Å². The van der Waals surface area contributed by atoms with Crippen LogP contribution in [0.2, 0.25) is 0 Å². The molecule has 2 heterocycles. The Kier molecular flexibility index (Phi) is 5.22. The number of benzene rings is 1. The fourth-order valence-electron chi connectivity index (χ4n) is 4.42. The minimum Gasteiger partial charge on any atom is -0.464 e. The van der Waals surface area contributed by atoms with E-state index in [9.17, 15) is 18.8 Å². The number of anilines is 3. The molecule has 1 aromatic heterocycles. The Hall–Kier alpha value is -3.42. The van der Waals surface area contributed by atoms with Crippen molar-refractivity contribution in [1.29, 1.82) is 0 Å². The molecule has 1 aliphatic rings. The molecule has 0 fully saturated rings. The molecule has 0 spiro atoms. The second-order valence-corrected chi connectivity index (χ2v) is 9.90. The maximum absolute atomic E-state index is 14.9. The first-order valence-corrected chi connectivity index (χ1v) is 10.9. The zero-order valence-corrected chi connectivity index (χ0v) is 19.8. The molecule has 3 aromatic rings. The largest absolute Gasteiger partial charge is 0.464 e. The standard InChI is InChI=1S/C25H28FN3O4/c1-10-9-15(33-13(10)4)23(25(5,6)7)29-20-19(21(30)22(20)31)28-18-14(26)8-11(2)16-12(3)27-24(32)17(16)18/h8-9,12,23,28-29H,1-7H3,(H,27,32)/t12-,23+/m1/s1. The summed E-state index contributed by atoms with van der Waals surface area (Å²) in [6.07, 6.45) is 0. The van der Waals surface area contributed by atoms with Crippen molar-refractivity contribution in [3.05, 3.63) is 72.2 Å². The van der Waals surface area contributed by atoms with Gasteiger partial charge in [0.1, 0.15) is 28.7 Å². The summed E-state index contributed by atoms with van der Waals surface area (Å²) in [4.78, 5) is 37.5. The molecule has 33 heavy (non-hydrogen) atoms. The smallest absolute Gasteiger partial charge is 0.254 e. The molecular formula is C25H28FN3O4. The van der Waals surface area contributed by atoms with Crippen molar-refractivity contribution in [2.45, 2.75) is 60.5 Å². The Morgan fingerprint density at radius 1 is 1.00 bits per heavy atom. The van der Waals surface area contributed by atoms with E-state index in [1.807, 2.05) is 47.6 Å². The van der Waals surface area contributed by atoms with Crippen molar-refractivity contribution in [3.63, 3.8) is 0 Å². The average Bonchev–Trinajstić information content (AvgIpc) is 3.19. The second-order valence-electron chi connectivity index (χ2n) is 9.90. The van der Waals surface area contributed by atoms with Gasteiger partial charge in [0.05, 0.1) is 23.3 Å². The number of rotatable bonds is 5. The van der Waals surface area contributed by atoms with Crippen LogP contribution in [0, 0.1) is 32.0 Å². The number of hydrogen-bond donors (Lipinski definition) is 3. The third kappa shape index (κ3) is 3.63. The quantitative estimate of drug-likeness (QED) is 0.485. The lowest BCUT2D eigenvalue weighted by molar-refractivity contribution is 0.0959. The number of halogens is 1. The molecule has 8 heteroatoms. The zero-order valence-electron chi connectivity index (χ0n) is 19.8. The van der Waals surface area contributed by atoms with E-state index >= 15 is 0 Å². The Morgan fingerprint density at radius 2 is 1.64 bits per heavy atom. The fraction of sp³-hybridized carbons (Fsp3) is 0.400. The number of hydrogen-bond acceptors (Lipinski definition) is 6. The van der Waals surface area contributed by atoms with Gasteiger partial charge >= 0.3 is 0 Å². The highest BCUT2D eigenvalue weighted by Gasteiger charge is 2.36. The van der Waals surface area contributed by atoms with Gasteiger partial charge in [-0.05, 0) is 61.9 Å². The first-order chi connectivity index (χ1) is 15.3. The first-order valence-electron chi connectivity index (χ1n) is 10.9. The summed E-state index contributed by atoms with van der Waals surface area (Å²) in [5, 5.41) is 8.68. The van der Waals surface area contributed by atoms with Crippen molar-refractivity contribution >= 4 is 23.0 Å². The van der Waals surface area contributed by atoms with Crippen LogP contribution in [0.25, 0.3) is 0 Å². The number of fused-ring (bicyclic) bond motifs is 1. The van der Waals surface area contributed by atoms with Gasteiger partial charge in [0, 0.05) is 0 Å². The van der Waals surface area contributed by atoms with Crippen molar-refractivity contribution in [2.24, 2.45) is 5.41 Å². The lowest BCUT2D eigenvalue weighted by atomic mass is 9.84. The summed E-state index contributed by atoms with van der Waals surface area (Å²) in [5.74, 6) is 0.304. The molecule has 174 valence electrons. The van der Waals surface area contributed by atoms with Crippen molar-refractivity contribution < 1.29 is 13.6 Å². The summed E-state index contributed by atoms with van der Waals surface area (Å²) in [6, 6.07) is 2.51. The summed E-state index contributed by atoms with van der Waals surface area (Å²) < 4.78 is 20.8. The fourth-order valence-corrected chi connectivity index (χ4v) is 4.42. The summed E-state index contributed by atoms with van der Waals surface area (Å²) >= 11 is 0. The van der Waals surface area contributed by atoms with Crippen molar-refractivity contribution in [1.82, 2.24) is 5.32 Å². The van der Waals surface area contributed by atoms with Crippen LogP contribution in [-0.2, 0) is 0 Å². The number of carbonyl (C=O) groups is 1. The summed E-state index contributed by atoms with van der Waals surface area (Å²) in [5.41, 5.74) is 0.475. The Balaban J connectivity index is 1.76. The molecule has 0 saturated heterocycles. The van der Waals surface area contributed by atoms with Crippen molar-refractivity contribution in [2.75, 3.05) is 10.6 Å². The average molecular weight is 454 g/mol. The number of aryl methyl sites for hydroxylation is 3. The van der Waals surface area contributed by atoms with Crippen LogP contribution >= 0.6 is 0 Å². The van der Waals surface area contributed by atoms with Gasteiger partial charge in [-0.2, -0.15) is 0 Å². The molecule has 2 aromatic carbocycles.